The molecule has 4 rings (SSSR count). The van der Waals surface area contributed by atoms with Crippen molar-refractivity contribution in [2.24, 2.45) is 0 Å². The van der Waals surface area contributed by atoms with Gasteiger partial charge in [-0.15, -0.1) is 0 Å². The van der Waals surface area contributed by atoms with Gasteiger partial charge in [-0.05, 0) is 61.9 Å². The lowest BCUT2D eigenvalue weighted by Crippen LogP contribution is -2.37. The predicted molar refractivity (Wildman–Crippen MR) is 107 cm³/mol. The zero-order valence-corrected chi connectivity index (χ0v) is 16.5. The first-order chi connectivity index (χ1) is 13.9. The summed E-state index contributed by atoms with van der Waals surface area (Å²) >= 11 is 0. The Morgan fingerprint density at radius 3 is 2.17 bits per heavy atom. The number of hydrogen-bond donors (Lipinski definition) is 0. The van der Waals surface area contributed by atoms with E-state index in [-0.39, 0.29) is 5.69 Å². The predicted octanol–water partition coefficient (Wildman–Crippen LogP) is 4.35. The molecule has 1 fully saturated rings. The highest BCUT2D eigenvalue weighted by molar-refractivity contribution is 6.45. The lowest BCUT2D eigenvalue weighted by Gasteiger charge is -2.29. The molecule has 4 nitrogen and oxygen atoms in total. The first kappa shape index (κ1) is 19.3. The zero-order valence-electron chi connectivity index (χ0n) is 16.5. The van der Waals surface area contributed by atoms with E-state index in [1.807, 2.05) is 36.9 Å². The third-order valence-electron chi connectivity index (χ3n) is 5.69. The van der Waals surface area contributed by atoms with E-state index in [1.165, 1.54) is 6.07 Å². The van der Waals surface area contributed by atoms with Gasteiger partial charge in [-0.2, -0.15) is 0 Å². The maximum Gasteiger partial charge on any atom is 0.282 e. The van der Waals surface area contributed by atoms with Crippen LogP contribution in [-0.4, -0.2) is 29.8 Å². The van der Waals surface area contributed by atoms with E-state index in [1.54, 1.807) is 0 Å². The maximum atomic E-state index is 13.8. The molecule has 1 saturated heterocycles. The number of halogens is 2. The summed E-state index contributed by atoms with van der Waals surface area (Å²) in [5.41, 5.74) is 3.47. The van der Waals surface area contributed by atoms with Gasteiger partial charge in [-0.25, -0.2) is 13.7 Å². The molecule has 0 N–H and O–H groups in total. The number of anilines is 1. The van der Waals surface area contributed by atoms with Crippen LogP contribution in [-0.2, 0) is 9.59 Å². The first-order valence-electron chi connectivity index (χ1n) is 9.79. The minimum absolute atomic E-state index is 0.0345. The Hall–Kier alpha value is -3.02. The van der Waals surface area contributed by atoms with E-state index in [2.05, 4.69) is 0 Å². The minimum atomic E-state index is -1.10. The summed E-state index contributed by atoms with van der Waals surface area (Å²) in [6.45, 7) is 5.31. The van der Waals surface area contributed by atoms with E-state index in [0.717, 1.165) is 47.4 Å². The number of piperidine rings is 1. The molecule has 2 aliphatic rings. The van der Waals surface area contributed by atoms with Crippen LogP contribution in [0.25, 0.3) is 5.57 Å². The molecule has 150 valence electrons. The molecule has 0 unspecified atom stereocenters. The van der Waals surface area contributed by atoms with Gasteiger partial charge < -0.3 is 4.90 Å². The highest BCUT2D eigenvalue weighted by Gasteiger charge is 2.42. The number of hydrogen-bond acceptors (Lipinski definition) is 3. The van der Waals surface area contributed by atoms with Gasteiger partial charge in [-0.1, -0.05) is 18.2 Å². The van der Waals surface area contributed by atoms with Crippen molar-refractivity contribution in [2.75, 3.05) is 18.0 Å². The fraction of sp³-hybridized carbons (Fsp3) is 0.304. The van der Waals surface area contributed by atoms with Crippen molar-refractivity contribution in [3.8, 4) is 0 Å². The van der Waals surface area contributed by atoms with E-state index in [4.69, 9.17) is 0 Å². The fourth-order valence-electron chi connectivity index (χ4n) is 3.94. The van der Waals surface area contributed by atoms with Crippen molar-refractivity contribution in [2.45, 2.75) is 33.1 Å². The number of imide groups is 1. The summed E-state index contributed by atoms with van der Waals surface area (Å²) in [4.78, 5) is 29.6. The van der Waals surface area contributed by atoms with Crippen LogP contribution in [0, 0.1) is 25.5 Å². The summed E-state index contributed by atoms with van der Waals surface area (Å²) < 4.78 is 27.2. The number of rotatable bonds is 3. The highest BCUT2D eigenvalue weighted by atomic mass is 19.2. The van der Waals surface area contributed by atoms with Crippen LogP contribution < -0.4 is 4.90 Å². The number of benzene rings is 2. The molecule has 29 heavy (non-hydrogen) atoms. The quantitative estimate of drug-likeness (QED) is 0.724. The normalized spacial score (nSPS) is 17.5. The van der Waals surface area contributed by atoms with Crippen LogP contribution in [0.5, 0.6) is 0 Å². The van der Waals surface area contributed by atoms with Crippen molar-refractivity contribution >= 4 is 23.1 Å². The van der Waals surface area contributed by atoms with Crippen molar-refractivity contribution in [1.82, 2.24) is 4.90 Å². The van der Waals surface area contributed by atoms with Crippen LogP contribution in [0.3, 0.4) is 0 Å². The summed E-state index contributed by atoms with van der Waals surface area (Å²) in [7, 11) is 0. The average Bonchev–Trinajstić information content (AvgIpc) is 2.97. The first-order valence-corrected chi connectivity index (χ1v) is 9.79. The lowest BCUT2D eigenvalue weighted by molar-refractivity contribution is -0.120. The fourth-order valence-corrected chi connectivity index (χ4v) is 3.94. The van der Waals surface area contributed by atoms with E-state index in [9.17, 15) is 18.4 Å². The molecule has 2 aromatic rings. The lowest BCUT2D eigenvalue weighted by atomic mass is 9.98. The summed E-state index contributed by atoms with van der Waals surface area (Å²) in [5.74, 6) is -3.12. The highest BCUT2D eigenvalue weighted by Crippen LogP contribution is 2.36. The van der Waals surface area contributed by atoms with Crippen molar-refractivity contribution in [3.05, 3.63) is 70.4 Å². The number of likely N-dealkylation sites (tertiary alicyclic amines) is 1. The summed E-state index contributed by atoms with van der Waals surface area (Å²) in [6, 6.07) is 8.73. The molecule has 0 aromatic heterocycles. The van der Waals surface area contributed by atoms with Gasteiger partial charge in [0.1, 0.15) is 5.70 Å². The second kappa shape index (κ2) is 7.43. The standard InChI is InChI=1S/C23H22F2N2O2/c1-14-6-7-16(12-15(14)2)20-21(26-10-4-3-5-11-26)23(29)27(22(20)28)17-8-9-18(24)19(25)13-17/h6-9,12-13H,3-5,10-11H2,1-2H3. The van der Waals surface area contributed by atoms with Gasteiger partial charge >= 0.3 is 0 Å². The van der Waals surface area contributed by atoms with E-state index >= 15 is 0 Å². The maximum absolute atomic E-state index is 13.8. The Balaban J connectivity index is 1.85. The largest absolute Gasteiger partial charge is 0.366 e. The van der Waals surface area contributed by atoms with Crippen molar-refractivity contribution in [1.29, 1.82) is 0 Å². The van der Waals surface area contributed by atoms with E-state index in [0.29, 0.717) is 29.9 Å². The number of carbonyl (C=O) groups excluding carboxylic acids is 2. The van der Waals surface area contributed by atoms with Crippen LogP contribution in [0.1, 0.15) is 36.0 Å². The Kier molecular flexibility index (Phi) is 4.94. The second-order valence-electron chi connectivity index (χ2n) is 7.61. The SMILES string of the molecule is Cc1ccc(C2=C(N3CCCCC3)C(=O)N(c3ccc(F)c(F)c3)C2=O)cc1C. The third kappa shape index (κ3) is 3.33. The molecule has 2 aliphatic heterocycles. The molecule has 0 bridgehead atoms. The van der Waals surface area contributed by atoms with Crippen LogP contribution >= 0.6 is 0 Å². The monoisotopic (exact) mass is 396 g/mol. The second-order valence-corrected chi connectivity index (χ2v) is 7.61. The number of nitrogens with zero attached hydrogens (tertiary/aromatic N) is 2. The average molecular weight is 396 g/mol. The Morgan fingerprint density at radius 1 is 0.793 bits per heavy atom. The Bertz CT molecular complexity index is 1040. The van der Waals surface area contributed by atoms with Gasteiger partial charge in [0.25, 0.3) is 11.8 Å². The van der Waals surface area contributed by atoms with Gasteiger partial charge in [0.15, 0.2) is 11.6 Å². The molecule has 6 heteroatoms. The number of carbonyl (C=O) groups is 2. The smallest absolute Gasteiger partial charge is 0.282 e. The zero-order chi connectivity index (χ0) is 20.7. The third-order valence-corrected chi connectivity index (χ3v) is 5.69. The van der Waals surface area contributed by atoms with Gasteiger partial charge in [-0.3, -0.25) is 9.59 Å². The number of amides is 2. The van der Waals surface area contributed by atoms with Gasteiger partial charge in [0.2, 0.25) is 0 Å². The van der Waals surface area contributed by atoms with Crippen LogP contribution in [0.4, 0.5) is 14.5 Å². The molecule has 2 amide bonds. The topological polar surface area (TPSA) is 40.6 Å². The molecule has 0 atom stereocenters. The Labute approximate surface area is 168 Å². The number of aryl methyl sites for hydroxylation is 2. The summed E-state index contributed by atoms with van der Waals surface area (Å²) in [5, 5.41) is 0. The van der Waals surface area contributed by atoms with Crippen LogP contribution in [0.2, 0.25) is 0 Å². The van der Waals surface area contributed by atoms with Crippen molar-refractivity contribution < 1.29 is 18.4 Å². The molecule has 2 aromatic carbocycles. The molecular formula is C23H22F2N2O2. The minimum Gasteiger partial charge on any atom is -0.366 e. The molecule has 2 heterocycles. The van der Waals surface area contributed by atoms with Crippen LogP contribution in [0.15, 0.2) is 42.1 Å². The molecule has 0 spiro atoms. The van der Waals surface area contributed by atoms with Gasteiger partial charge in [0, 0.05) is 19.2 Å². The molecular weight excluding hydrogens is 374 g/mol. The van der Waals surface area contributed by atoms with E-state index < -0.39 is 23.4 Å². The molecule has 0 saturated carbocycles. The van der Waals surface area contributed by atoms with Gasteiger partial charge in [0.05, 0.1) is 11.3 Å². The summed E-state index contributed by atoms with van der Waals surface area (Å²) in [6.07, 6.45) is 2.96. The Morgan fingerprint density at radius 2 is 1.52 bits per heavy atom. The molecule has 0 radical (unpaired) electrons. The van der Waals surface area contributed by atoms with Crippen molar-refractivity contribution in [3.63, 3.8) is 0 Å². The molecule has 0 aliphatic carbocycles.